The molecule has 0 N–H and O–H groups in total. The summed E-state index contributed by atoms with van der Waals surface area (Å²) in [6.07, 6.45) is 4.59. The standard InChI is InChI=1S/C14H16N2/c1-3-8-16-14-7-6-12(11-4-5-11)9-13(14)10(2)15-16/h3,6-7,9,11H,1,4-5,8H2,2H3. The molecule has 1 aliphatic rings. The molecule has 1 aliphatic carbocycles. The topological polar surface area (TPSA) is 17.8 Å². The second kappa shape index (κ2) is 3.48. The van der Waals surface area contributed by atoms with Gasteiger partial charge in [0.1, 0.15) is 0 Å². The van der Waals surface area contributed by atoms with Crippen LogP contribution in [-0.4, -0.2) is 9.78 Å². The molecule has 0 amide bonds. The number of allylic oxidation sites excluding steroid dienone is 1. The predicted molar refractivity (Wildman–Crippen MR) is 66.6 cm³/mol. The zero-order valence-electron chi connectivity index (χ0n) is 9.61. The van der Waals surface area contributed by atoms with Crippen LogP contribution in [0.15, 0.2) is 30.9 Å². The van der Waals surface area contributed by atoms with Crippen molar-refractivity contribution < 1.29 is 0 Å². The SMILES string of the molecule is C=CCn1nc(C)c2cc(C3CC3)ccc21. The largest absolute Gasteiger partial charge is 0.261 e. The van der Waals surface area contributed by atoms with Crippen molar-refractivity contribution in [2.45, 2.75) is 32.2 Å². The van der Waals surface area contributed by atoms with Gasteiger partial charge in [0, 0.05) is 5.39 Å². The van der Waals surface area contributed by atoms with Crippen molar-refractivity contribution in [1.82, 2.24) is 9.78 Å². The smallest absolute Gasteiger partial charge is 0.0689 e. The average Bonchev–Trinajstić information content (AvgIpc) is 3.08. The maximum Gasteiger partial charge on any atom is 0.0689 e. The maximum absolute atomic E-state index is 4.55. The van der Waals surface area contributed by atoms with Gasteiger partial charge in [0.2, 0.25) is 0 Å². The van der Waals surface area contributed by atoms with Crippen LogP contribution in [0.1, 0.15) is 30.0 Å². The van der Waals surface area contributed by atoms with Crippen LogP contribution in [0.3, 0.4) is 0 Å². The summed E-state index contributed by atoms with van der Waals surface area (Å²) in [7, 11) is 0. The molecule has 1 aromatic heterocycles. The maximum atomic E-state index is 4.55. The van der Waals surface area contributed by atoms with Gasteiger partial charge >= 0.3 is 0 Å². The number of rotatable bonds is 3. The Labute approximate surface area is 95.6 Å². The molecule has 1 heterocycles. The van der Waals surface area contributed by atoms with E-state index in [1.165, 1.54) is 29.3 Å². The van der Waals surface area contributed by atoms with E-state index in [0.29, 0.717) is 0 Å². The van der Waals surface area contributed by atoms with Crippen molar-refractivity contribution in [3.8, 4) is 0 Å². The predicted octanol–water partition coefficient (Wildman–Crippen LogP) is 3.41. The lowest BCUT2D eigenvalue weighted by atomic mass is 10.1. The Hall–Kier alpha value is -1.57. The molecule has 2 heteroatoms. The van der Waals surface area contributed by atoms with Crippen LogP contribution in [0.5, 0.6) is 0 Å². The lowest BCUT2D eigenvalue weighted by Gasteiger charge is -2.01. The van der Waals surface area contributed by atoms with Crippen LogP contribution in [-0.2, 0) is 6.54 Å². The van der Waals surface area contributed by atoms with E-state index in [2.05, 4.69) is 36.8 Å². The second-order valence-corrected chi connectivity index (χ2v) is 4.61. The fourth-order valence-corrected chi connectivity index (χ4v) is 2.29. The van der Waals surface area contributed by atoms with Crippen LogP contribution in [0.4, 0.5) is 0 Å². The molecule has 2 nitrogen and oxygen atoms in total. The molecule has 0 saturated heterocycles. The van der Waals surface area contributed by atoms with Crippen molar-refractivity contribution in [2.24, 2.45) is 0 Å². The number of aromatic nitrogens is 2. The van der Waals surface area contributed by atoms with E-state index in [1.54, 1.807) is 0 Å². The third-order valence-electron chi connectivity index (χ3n) is 3.31. The van der Waals surface area contributed by atoms with E-state index >= 15 is 0 Å². The Morgan fingerprint density at radius 1 is 1.50 bits per heavy atom. The average molecular weight is 212 g/mol. The zero-order chi connectivity index (χ0) is 11.1. The first-order valence-electron chi connectivity index (χ1n) is 5.87. The number of benzene rings is 1. The van der Waals surface area contributed by atoms with Gasteiger partial charge in [0.15, 0.2) is 0 Å². The second-order valence-electron chi connectivity index (χ2n) is 4.61. The molecule has 0 bridgehead atoms. The Balaban J connectivity index is 2.15. The molecular formula is C14H16N2. The molecule has 1 saturated carbocycles. The lowest BCUT2D eigenvalue weighted by Crippen LogP contribution is -1.96. The summed E-state index contributed by atoms with van der Waals surface area (Å²) in [5, 5.41) is 5.84. The van der Waals surface area contributed by atoms with Crippen molar-refractivity contribution in [3.05, 3.63) is 42.1 Å². The third-order valence-corrected chi connectivity index (χ3v) is 3.31. The van der Waals surface area contributed by atoms with E-state index in [1.807, 2.05) is 10.8 Å². The molecule has 0 atom stereocenters. The normalized spacial score (nSPS) is 15.6. The molecular weight excluding hydrogens is 196 g/mol. The first kappa shape index (κ1) is 9.64. The van der Waals surface area contributed by atoms with Gasteiger partial charge in [-0.2, -0.15) is 5.10 Å². The highest BCUT2D eigenvalue weighted by Crippen LogP contribution is 2.41. The van der Waals surface area contributed by atoms with Crippen LogP contribution in [0.25, 0.3) is 10.9 Å². The van der Waals surface area contributed by atoms with Gasteiger partial charge in [0.05, 0.1) is 17.8 Å². The highest BCUT2D eigenvalue weighted by molar-refractivity contribution is 5.82. The van der Waals surface area contributed by atoms with E-state index in [0.717, 1.165) is 18.2 Å². The molecule has 82 valence electrons. The van der Waals surface area contributed by atoms with Crippen molar-refractivity contribution >= 4 is 10.9 Å². The molecule has 0 unspecified atom stereocenters. The first-order chi connectivity index (χ1) is 7.79. The van der Waals surface area contributed by atoms with E-state index in [-0.39, 0.29) is 0 Å². The van der Waals surface area contributed by atoms with Crippen molar-refractivity contribution in [3.63, 3.8) is 0 Å². The van der Waals surface area contributed by atoms with Crippen LogP contribution in [0.2, 0.25) is 0 Å². The van der Waals surface area contributed by atoms with E-state index in [9.17, 15) is 0 Å². The Kier molecular flexibility index (Phi) is 2.10. The van der Waals surface area contributed by atoms with Crippen LogP contribution in [0, 0.1) is 6.92 Å². The third kappa shape index (κ3) is 1.45. The minimum absolute atomic E-state index is 0.785. The van der Waals surface area contributed by atoms with Crippen molar-refractivity contribution in [1.29, 1.82) is 0 Å². The molecule has 1 aromatic carbocycles. The molecule has 16 heavy (non-hydrogen) atoms. The molecule has 0 radical (unpaired) electrons. The highest BCUT2D eigenvalue weighted by Gasteiger charge is 2.24. The summed E-state index contributed by atoms with van der Waals surface area (Å²) in [6, 6.07) is 6.77. The number of aryl methyl sites for hydroxylation is 1. The van der Waals surface area contributed by atoms with Gasteiger partial charge in [0.25, 0.3) is 0 Å². The summed E-state index contributed by atoms with van der Waals surface area (Å²) in [4.78, 5) is 0. The van der Waals surface area contributed by atoms with Gasteiger partial charge in [-0.3, -0.25) is 4.68 Å². The molecule has 1 fully saturated rings. The first-order valence-corrected chi connectivity index (χ1v) is 5.87. The number of hydrogen-bond acceptors (Lipinski definition) is 1. The Morgan fingerprint density at radius 2 is 2.31 bits per heavy atom. The van der Waals surface area contributed by atoms with Gasteiger partial charge in [-0.1, -0.05) is 12.1 Å². The van der Waals surface area contributed by atoms with Gasteiger partial charge in [-0.05, 0) is 43.4 Å². The van der Waals surface area contributed by atoms with Crippen LogP contribution < -0.4 is 0 Å². The van der Waals surface area contributed by atoms with Gasteiger partial charge < -0.3 is 0 Å². The molecule has 0 spiro atoms. The summed E-state index contributed by atoms with van der Waals surface area (Å²) < 4.78 is 2.02. The summed E-state index contributed by atoms with van der Waals surface area (Å²) >= 11 is 0. The number of fused-ring (bicyclic) bond motifs is 1. The fourth-order valence-electron chi connectivity index (χ4n) is 2.29. The minimum atomic E-state index is 0.785. The van der Waals surface area contributed by atoms with Crippen LogP contribution >= 0.6 is 0 Å². The molecule has 2 aromatic rings. The fraction of sp³-hybridized carbons (Fsp3) is 0.357. The summed E-state index contributed by atoms with van der Waals surface area (Å²) in [5.41, 5.74) is 3.83. The van der Waals surface area contributed by atoms with Gasteiger partial charge in [-0.15, -0.1) is 6.58 Å². The minimum Gasteiger partial charge on any atom is -0.261 e. The summed E-state index contributed by atoms with van der Waals surface area (Å²) in [5.74, 6) is 0.812. The van der Waals surface area contributed by atoms with Crippen molar-refractivity contribution in [2.75, 3.05) is 0 Å². The molecule has 0 aliphatic heterocycles. The Bertz CT molecular complexity index is 547. The number of hydrogen-bond donors (Lipinski definition) is 0. The Morgan fingerprint density at radius 3 is 3.00 bits per heavy atom. The monoisotopic (exact) mass is 212 g/mol. The zero-order valence-corrected chi connectivity index (χ0v) is 9.61. The van der Waals surface area contributed by atoms with E-state index in [4.69, 9.17) is 0 Å². The van der Waals surface area contributed by atoms with E-state index < -0.39 is 0 Å². The number of nitrogens with zero attached hydrogens (tertiary/aromatic N) is 2. The highest BCUT2D eigenvalue weighted by atomic mass is 15.3. The lowest BCUT2D eigenvalue weighted by molar-refractivity contribution is 0.719. The molecule has 3 rings (SSSR count). The summed E-state index contributed by atoms with van der Waals surface area (Å²) in [6.45, 7) is 6.63. The quantitative estimate of drug-likeness (QED) is 0.713. The van der Waals surface area contributed by atoms with Gasteiger partial charge in [-0.25, -0.2) is 0 Å².